The van der Waals surface area contributed by atoms with Crippen LogP contribution in [-0.2, 0) is 17.9 Å². The Morgan fingerprint density at radius 2 is 2.00 bits per heavy atom. The van der Waals surface area contributed by atoms with Gasteiger partial charge in [0.2, 0.25) is 5.91 Å². The Kier molecular flexibility index (Phi) is 6.65. The van der Waals surface area contributed by atoms with Crippen molar-refractivity contribution in [3.8, 4) is 5.75 Å². The van der Waals surface area contributed by atoms with Crippen molar-refractivity contribution in [3.05, 3.63) is 65.7 Å². The van der Waals surface area contributed by atoms with E-state index in [1.54, 1.807) is 0 Å². The summed E-state index contributed by atoms with van der Waals surface area (Å²) in [5.74, 6) is 1.11. The zero-order valence-corrected chi connectivity index (χ0v) is 16.5. The van der Waals surface area contributed by atoms with Crippen LogP contribution in [0.2, 0.25) is 0 Å². The molecule has 0 radical (unpaired) electrons. The zero-order chi connectivity index (χ0) is 19.9. The number of anilines is 1. The fraction of sp³-hybridized carbons (Fsp3) is 0.250. The highest BCUT2D eigenvalue weighted by Crippen LogP contribution is 2.20. The van der Waals surface area contributed by atoms with Gasteiger partial charge < -0.3 is 14.6 Å². The van der Waals surface area contributed by atoms with Crippen LogP contribution in [0.1, 0.15) is 18.3 Å². The van der Waals surface area contributed by atoms with Gasteiger partial charge >= 0.3 is 0 Å². The molecule has 1 N–H and O–H groups in total. The predicted octanol–water partition coefficient (Wildman–Crippen LogP) is 4.06. The van der Waals surface area contributed by atoms with E-state index < -0.39 is 0 Å². The third kappa shape index (κ3) is 5.32. The van der Waals surface area contributed by atoms with Gasteiger partial charge in [-0.2, -0.15) is 0 Å². The number of thioether (sulfide) groups is 1. The summed E-state index contributed by atoms with van der Waals surface area (Å²) in [4.78, 5) is 12.1. The minimum Gasteiger partial charge on any atom is -0.486 e. The van der Waals surface area contributed by atoms with E-state index in [2.05, 4.69) is 15.5 Å². The second kappa shape index (κ2) is 9.36. The summed E-state index contributed by atoms with van der Waals surface area (Å²) >= 11 is 1.29. The molecule has 0 atom stereocenters. The minimum atomic E-state index is -0.344. The zero-order valence-electron chi connectivity index (χ0n) is 15.7. The summed E-state index contributed by atoms with van der Waals surface area (Å²) in [5, 5.41) is 11.7. The molecule has 2 aromatic carbocycles. The lowest BCUT2D eigenvalue weighted by Gasteiger charge is -2.09. The predicted molar refractivity (Wildman–Crippen MR) is 107 cm³/mol. The average Bonchev–Trinajstić information content (AvgIpc) is 3.08. The van der Waals surface area contributed by atoms with E-state index in [0.717, 1.165) is 11.3 Å². The number of rotatable bonds is 8. The van der Waals surface area contributed by atoms with Crippen LogP contribution in [0.15, 0.2) is 53.7 Å². The van der Waals surface area contributed by atoms with E-state index in [1.807, 2.05) is 42.7 Å². The highest BCUT2D eigenvalue weighted by atomic mass is 32.2. The van der Waals surface area contributed by atoms with E-state index >= 15 is 0 Å². The van der Waals surface area contributed by atoms with Crippen molar-refractivity contribution in [1.29, 1.82) is 0 Å². The Labute approximate surface area is 167 Å². The molecule has 3 rings (SSSR count). The lowest BCUT2D eigenvalue weighted by Crippen LogP contribution is -2.15. The van der Waals surface area contributed by atoms with Gasteiger partial charge in [0, 0.05) is 12.2 Å². The third-order valence-electron chi connectivity index (χ3n) is 3.93. The number of hydrogen-bond acceptors (Lipinski definition) is 5. The van der Waals surface area contributed by atoms with Gasteiger partial charge in [0.25, 0.3) is 0 Å². The minimum absolute atomic E-state index is 0.175. The molecule has 1 heterocycles. The van der Waals surface area contributed by atoms with Gasteiger partial charge in [0.1, 0.15) is 18.2 Å². The highest BCUT2D eigenvalue weighted by molar-refractivity contribution is 7.99. The van der Waals surface area contributed by atoms with E-state index in [4.69, 9.17) is 4.74 Å². The Morgan fingerprint density at radius 1 is 1.21 bits per heavy atom. The van der Waals surface area contributed by atoms with Crippen molar-refractivity contribution in [1.82, 2.24) is 14.8 Å². The molecule has 6 nitrogen and oxygen atoms in total. The fourth-order valence-electron chi connectivity index (χ4n) is 2.56. The number of carbonyl (C=O) groups excluding carboxylic acids is 1. The topological polar surface area (TPSA) is 69.0 Å². The molecule has 0 aliphatic heterocycles. The second-order valence-corrected chi connectivity index (χ2v) is 7.03. The summed E-state index contributed by atoms with van der Waals surface area (Å²) in [5.41, 5.74) is 1.68. The van der Waals surface area contributed by atoms with Crippen molar-refractivity contribution in [3.63, 3.8) is 0 Å². The number of aryl methyl sites for hydroxylation is 1. The number of carbonyl (C=O) groups is 1. The first-order valence-corrected chi connectivity index (χ1v) is 9.83. The molecule has 0 saturated heterocycles. The molecule has 1 aromatic heterocycles. The largest absolute Gasteiger partial charge is 0.486 e. The van der Waals surface area contributed by atoms with E-state index in [9.17, 15) is 9.18 Å². The SMILES string of the molecule is CCn1c(COc2cccc(C)c2)nnc1SCC(=O)Nc1ccc(F)cc1. The highest BCUT2D eigenvalue weighted by Gasteiger charge is 2.14. The molecule has 8 heteroatoms. The van der Waals surface area contributed by atoms with Crippen molar-refractivity contribution in [2.24, 2.45) is 0 Å². The summed E-state index contributed by atoms with van der Waals surface area (Å²) in [6.45, 7) is 4.96. The van der Waals surface area contributed by atoms with Crippen molar-refractivity contribution in [2.75, 3.05) is 11.1 Å². The molecule has 0 aliphatic carbocycles. The van der Waals surface area contributed by atoms with Gasteiger partial charge in [0.15, 0.2) is 11.0 Å². The lowest BCUT2D eigenvalue weighted by molar-refractivity contribution is -0.113. The summed E-state index contributed by atoms with van der Waals surface area (Å²) < 4.78 is 20.6. The van der Waals surface area contributed by atoms with Crippen LogP contribution in [0.25, 0.3) is 0 Å². The molecular formula is C20H21FN4O2S. The number of nitrogens with zero attached hydrogens (tertiary/aromatic N) is 3. The number of ether oxygens (including phenoxy) is 1. The number of benzene rings is 2. The Hall–Kier alpha value is -2.87. The Balaban J connectivity index is 1.57. The maximum absolute atomic E-state index is 12.9. The maximum Gasteiger partial charge on any atom is 0.234 e. The van der Waals surface area contributed by atoms with E-state index in [1.165, 1.54) is 36.0 Å². The quantitative estimate of drug-likeness (QED) is 0.578. The molecule has 0 saturated carbocycles. The number of hydrogen-bond donors (Lipinski definition) is 1. The molecule has 146 valence electrons. The first-order chi connectivity index (χ1) is 13.5. The molecule has 0 unspecified atom stereocenters. The summed E-state index contributed by atoms with van der Waals surface area (Å²) in [6, 6.07) is 13.5. The summed E-state index contributed by atoms with van der Waals surface area (Å²) in [7, 11) is 0. The van der Waals surface area contributed by atoms with Gasteiger partial charge in [-0.15, -0.1) is 10.2 Å². The van der Waals surface area contributed by atoms with E-state index in [-0.39, 0.29) is 17.5 Å². The molecular weight excluding hydrogens is 379 g/mol. The van der Waals surface area contributed by atoms with Crippen LogP contribution in [0.3, 0.4) is 0 Å². The Bertz CT molecular complexity index is 944. The van der Waals surface area contributed by atoms with Crippen LogP contribution >= 0.6 is 11.8 Å². The molecule has 28 heavy (non-hydrogen) atoms. The first-order valence-electron chi connectivity index (χ1n) is 8.85. The number of halogens is 1. The van der Waals surface area contributed by atoms with Gasteiger partial charge in [-0.3, -0.25) is 4.79 Å². The van der Waals surface area contributed by atoms with E-state index in [0.29, 0.717) is 29.8 Å². The Morgan fingerprint density at radius 3 is 2.71 bits per heavy atom. The van der Waals surface area contributed by atoms with Gasteiger partial charge in [-0.05, 0) is 55.8 Å². The average molecular weight is 400 g/mol. The third-order valence-corrected chi connectivity index (χ3v) is 4.89. The summed E-state index contributed by atoms with van der Waals surface area (Å²) in [6.07, 6.45) is 0. The van der Waals surface area contributed by atoms with Gasteiger partial charge in [-0.25, -0.2) is 4.39 Å². The second-order valence-electron chi connectivity index (χ2n) is 6.09. The van der Waals surface area contributed by atoms with Crippen LogP contribution in [0.4, 0.5) is 10.1 Å². The molecule has 3 aromatic rings. The van der Waals surface area contributed by atoms with Gasteiger partial charge in [0.05, 0.1) is 5.75 Å². The number of nitrogens with one attached hydrogen (secondary N) is 1. The number of amides is 1. The first kappa shape index (κ1) is 19.9. The molecule has 0 bridgehead atoms. The van der Waals surface area contributed by atoms with Crippen LogP contribution in [0.5, 0.6) is 5.75 Å². The van der Waals surface area contributed by atoms with Crippen molar-refractivity contribution >= 4 is 23.4 Å². The fourth-order valence-corrected chi connectivity index (χ4v) is 3.38. The van der Waals surface area contributed by atoms with Crippen molar-refractivity contribution in [2.45, 2.75) is 32.2 Å². The van der Waals surface area contributed by atoms with Crippen LogP contribution < -0.4 is 10.1 Å². The normalized spacial score (nSPS) is 10.7. The lowest BCUT2D eigenvalue weighted by atomic mass is 10.2. The molecule has 0 fully saturated rings. The van der Waals surface area contributed by atoms with Crippen LogP contribution in [-0.4, -0.2) is 26.4 Å². The number of aromatic nitrogens is 3. The maximum atomic E-state index is 12.9. The standard InChI is InChI=1S/C20H21FN4O2S/c1-3-25-18(12-27-17-6-4-5-14(2)11-17)23-24-20(25)28-13-19(26)22-16-9-7-15(21)8-10-16/h4-11H,3,12-13H2,1-2H3,(H,22,26). The monoisotopic (exact) mass is 400 g/mol. The molecule has 0 spiro atoms. The van der Waals surface area contributed by atoms with Crippen LogP contribution in [0, 0.1) is 12.7 Å². The molecule has 0 aliphatic rings. The smallest absolute Gasteiger partial charge is 0.234 e. The van der Waals surface area contributed by atoms with Gasteiger partial charge in [-0.1, -0.05) is 23.9 Å². The molecule has 1 amide bonds. The van der Waals surface area contributed by atoms with Crippen molar-refractivity contribution < 1.29 is 13.9 Å².